The van der Waals surface area contributed by atoms with Gasteiger partial charge in [-0.1, -0.05) is 69.8 Å². The molecule has 2 rings (SSSR count). The first-order valence-electron chi connectivity index (χ1n) is 10.2. The van der Waals surface area contributed by atoms with Crippen LogP contribution in [0.15, 0.2) is 58.6 Å². The predicted octanol–water partition coefficient (Wildman–Crippen LogP) is 4.11. The van der Waals surface area contributed by atoms with E-state index in [-0.39, 0.29) is 22.6 Å². The Balaban J connectivity index is 1.98. The minimum Gasteiger partial charge on any atom is -0.349 e. The van der Waals surface area contributed by atoms with Gasteiger partial charge in [0.15, 0.2) is 0 Å². The summed E-state index contributed by atoms with van der Waals surface area (Å²) >= 11 is 1.29. The SMILES string of the molecule is CCN(CC)S(=O)(=O)c1ccc(SCC(=O)NC(CC(C)C)c2ccccc2)nc1. The number of pyridine rings is 1. The fraction of sp³-hybridized carbons (Fsp3) is 0.455. The third kappa shape index (κ3) is 6.82. The Kier molecular flexibility index (Phi) is 9.33. The number of nitrogens with zero attached hydrogens (tertiary/aromatic N) is 2. The summed E-state index contributed by atoms with van der Waals surface area (Å²) in [7, 11) is -3.53. The zero-order chi connectivity index (χ0) is 22.1. The first-order valence-corrected chi connectivity index (χ1v) is 12.6. The van der Waals surface area contributed by atoms with Crippen molar-refractivity contribution in [3.63, 3.8) is 0 Å². The lowest BCUT2D eigenvalue weighted by Crippen LogP contribution is -2.31. The van der Waals surface area contributed by atoms with Gasteiger partial charge in [0.2, 0.25) is 15.9 Å². The van der Waals surface area contributed by atoms with Crippen molar-refractivity contribution in [1.29, 1.82) is 0 Å². The van der Waals surface area contributed by atoms with Gasteiger partial charge in [-0.25, -0.2) is 13.4 Å². The highest BCUT2D eigenvalue weighted by molar-refractivity contribution is 7.99. The molecule has 30 heavy (non-hydrogen) atoms. The minimum absolute atomic E-state index is 0.0335. The molecule has 0 bridgehead atoms. The zero-order valence-corrected chi connectivity index (χ0v) is 19.7. The maximum Gasteiger partial charge on any atom is 0.244 e. The van der Waals surface area contributed by atoms with Gasteiger partial charge in [-0.2, -0.15) is 4.31 Å². The van der Waals surface area contributed by atoms with Crippen molar-refractivity contribution in [3.05, 3.63) is 54.2 Å². The molecule has 2 aromatic rings. The lowest BCUT2D eigenvalue weighted by atomic mass is 9.97. The maximum atomic E-state index is 12.5. The maximum absolute atomic E-state index is 12.5. The van der Waals surface area contributed by atoms with E-state index in [1.807, 2.05) is 30.3 Å². The molecule has 0 fully saturated rings. The van der Waals surface area contributed by atoms with Crippen LogP contribution in [0.25, 0.3) is 0 Å². The summed E-state index contributed by atoms with van der Waals surface area (Å²) in [5, 5.41) is 3.73. The van der Waals surface area contributed by atoms with Crippen LogP contribution in [0, 0.1) is 5.92 Å². The Labute approximate surface area is 184 Å². The number of nitrogens with one attached hydrogen (secondary N) is 1. The number of amides is 1. The molecule has 1 atom stereocenters. The van der Waals surface area contributed by atoms with E-state index in [4.69, 9.17) is 0 Å². The molecule has 1 heterocycles. The van der Waals surface area contributed by atoms with Crippen LogP contribution in [-0.2, 0) is 14.8 Å². The van der Waals surface area contributed by atoms with Gasteiger partial charge in [-0.15, -0.1) is 0 Å². The molecular formula is C22H31N3O3S2. The van der Waals surface area contributed by atoms with Gasteiger partial charge in [-0.3, -0.25) is 4.79 Å². The molecule has 0 saturated carbocycles. The van der Waals surface area contributed by atoms with Crippen molar-refractivity contribution in [1.82, 2.24) is 14.6 Å². The van der Waals surface area contributed by atoms with Crippen LogP contribution in [0.2, 0.25) is 0 Å². The molecule has 6 nitrogen and oxygen atoms in total. The van der Waals surface area contributed by atoms with E-state index in [0.29, 0.717) is 24.0 Å². The second-order valence-corrected chi connectivity index (χ2v) is 10.3. The van der Waals surface area contributed by atoms with Crippen molar-refractivity contribution in [2.75, 3.05) is 18.8 Å². The Morgan fingerprint density at radius 3 is 2.30 bits per heavy atom. The lowest BCUT2D eigenvalue weighted by molar-refractivity contribution is -0.119. The molecule has 1 aromatic carbocycles. The number of thioether (sulfide) groups is 1. The number of carbonyl (C=O) groups is 1. The largest absolute Gasteiger partial charge is 0.349 e. The van der Waals surface area contributed by atoms with Crippen molar-refractivity contribution in [2.24, 2.45) is 5.92 Å². The summed E-state index contributed by atoms with van der Waals surface area (Å²) in [5.74, 6) is 0.595. The van der Waals surface area contributed by atoms with Gasteiger partial charge >= 0.3 is 0 Å². The summed E-state index contributed by atoms with van der Waals surface area (Å²) in [6.45, 7) is 8.70. The second-order valence-electron chi connectivity index (χ2n) is 7.37. The van der Waals surface area contributed by atoms with Gasteiger partial charge in [0, 0.05) is 19.3 Å². The normalized spacial score (nSPS) is 12.9. The minimum atomic E-state index is -3.53. The van der Waals surface area contributed by atoms with Gasteiger partial charge < -0.3 is 5.32 Å². The van der Waals surface area contributed by atoms with E-state index < -0.39 is 10.0 Å². The Morgan fingerprint density at radius 1 is 1.10 bits per heavy atom. The van der Waals surface area contributed by atoms with Crippen LogP contribution in [0.4, 0.5) is 0 Å². The highest BCUT2D eigenvalue weighted by Gasteiger charge is 2.22. The highest BCUT2D eigenvalue weighted by atomic mass is 32.2. The fourth-order valence-electron chi connectivity index (χ4n) is 3.13. The van der Waals surface area contributed by atoms with E-state index in [9.17, 15) is 13.2 Å². The molecule has 0 aliphatic carbocycles. The summed E-state index contributed by atoms with van der Waals surface area (Å²) in [5.41, 5.74) is 1.09. The van der Waals surface area contributed by atoms with E-state index >= 15 is 0 Å². The lowest BCUT2D eigenvalue weighted by Gasteiger charge is -2.21. The van der Waals surface area contributed by atoms with E-state index in [2.05, 4.69) is 24.1 Å². The average Bonchev–Trinajstić information content (AvgIpc) is 2.73. The first-order chi connectivity index (χ1) is 14.3. The van der Waals surface area contributed by atoms with E-state index in [1.165, 1.54) is 22.3 Å². The number of hydrogen-bond donors (Lipinski definition) is 1. The number of hydrogen-bond acceptors (Lipinski definition) is 5. The van der Waals surface area contributed by atoms with Gasteiger partial charge in [0.1, 0.15) is 4.90 Å². The standard InChI is InChI=1S/C22H31N3O3S2/c1-5-25(6-2)30(27,28)19-12-13-22(23-15-19)29-16-21(26)24-20(14-17(3)4)18-10-8-7-9-11-18/h7-13,15,17,20H,5-6,14,16H2,1-4H3,(H,24,26). The van der Waals surface area contributed by atoms with Crippen LogP contribution in [0.5, 0.6) is 0 Å². The predicted molar refractivity (Wildman–Crippen MR) is 122 cm³/mol. The summed E-state index contributed by atoms with van der Waals surface area (Å²) in [6.07, 6.45) is 2.22. The smallest absolute Gasteiger partial charge is 0.244 e. The summed E-state index contributed by atoms with van der Waals surface area (Å²) < 4.78 is 26.5. The monoisotopic (exact) mass is 449 g/mol. The number of carbonyl (C=O) groups excluding carboxylic acids is 1. The molecule has 0 saturated heterocycles. The topological polar surface area (TPSA) is 79.4 Å². The molecule has 0 radical (unpaired) electrons. The first kappa shape index (κ1) is 24.4. The molecule has 0 spiro atoms. The third-order valence-corrected chi connectivity index (χ3v) is 7.63. The molecule has 1 unspecified atom stereocenters. The van der Waals surface area contributed by atoms with Crippen LogP contribution in [-0.4, -0.2) is 42.5 Å². The van der Waals surface area contributed by atoms with Crippen LogP contribution in [0.1, 0.15) is 45.7 Å². The molecule has 8 heteroatoms. The summed E-state index contributed by atoms with van der Waals surface area (Å²) in [4.78, 5) is 16.9. The van der Waals surface area contributed by atoms with Crippen molar-refractivity contribution in [2.45, 2.75) is 50.1 Å². The highest BCUT2D eigenvalue weighted by Crippen LogP contribution is 2.23. The molecule has 1 aromatic heterocycles. The van der Waals surface area contributed by atoms with E-state index in [1.54, 1.807) is 26.0 Å². The van der Waals surface area contributed by atoms with Crippen molar-refractivity contribution in [3.8, 4) is 0 Å². The van der Waals surface area contributed by atoms with Crippen LogP contribution >= 0.6 is 11.8 Å². The quantitative estimate of drug-likeness (QED) is 0.522. The number of rotatable bonds is 11. The molecule has 0 aliphatic rings. The number of sulfonamides is 1. The Bertz CT molecular complexity index is 897. The van der Waals surface area contributed by atoms with Gasteiger partial charge in [0.05, 0.1) is 16.8 Å². The number of benzene rings is 1. The van der Waals surface area contributed by atoms with Crippen molar-refractivity contribution < 1.29 is 13.2 Å². The third-order valence-electron chi connectivity index (χ3n) is 4.65. The molecule has 164 valence electrons. The zero-order valence-electron chi connectivity index (χ0n) is 18.0. The van der Waals surface area contributed by atoms with E-state index in [0.717, 1.165) is 12.0 Å². The van der Waals surface area contributed by atoms with Crippen LogP contribution < -0.4 is 5.32 Å². The fourth-order valence-corrected chi connectivity index (χ4v) is 5.19. The second kappa shape index (κ2) is 11.5. The van der Waals surface area contributed by atoms with Gasteiger partial charge in [-0.05, 0) is 30.0 Å². The van der Waals surface area contributed by atoms with Gasteiger partial charge in [0.25, 0.3) is 0 Å². The summed E-state index contributed by atoms with van der Waals surface area (Å²) in [6, 6.07) is 13.1. The molecule has 1 amide bonds. The Morgan fingerprint density at radius 2 is 1.77 bits per heavy atom. The molecule has 1 N–H and O–H groups in total. The average molecular weight is 450 g/mol. The molecule has 0 aliphatic heterocycles. The Hall–Kier alpha value is -1.90. The van der Waals surface area contributed by atoms with Crippen molar-refractivity contribution >= 4 is 27.7 Å². The molecular weight excluding hydrogens is 418 g/mol. The van der Waals surface area contributed by atoms with Crippen LogP contribution in [0.3, 0.4) is 0 Å². The number of aromatic nitrogens is 1.